The SMILES string of the molecule is CCOc1cccc(OCCNC(=O)Nc2ccccc2C#N)c1. The van der Waals surface area contributed by atoms with E-state index in [0.717, 1.165) is 5.75 Å². The molecule has 0 aliphatic rings. The maximum Gasteiger partial charge on any atom is 0.319 e. The highest BCUT2D eigenvalue weighted by Crippen LogP contribution is 2.19. The number of amides is 2. The van der Waals surface area contributed by atoms with E-state index in [1.165, 1.54) is 0 Å². The molecule has 0 radical (unpaired) electrons. The third-order valence-corrected chi connectivity index (χ3v) is 3.07. The summed E-state index contributed by atoms with van der Waals surface area (Å²) in [7, 11) is 0. The summed E-state index contributed by atoms with van der Waals surface area (Å²) in [4.78, 5) is 11.8. The Balaban J connectivity index is 1.75. The normalized spacial score (nSPS) is 9.67. The summed E-state index contributed by atoms with van der Waals surface area (Å²) in [6.07, 6.45) is 0. The van der Waals surface area contributed by atoms with Crippen molar-refractivity contribution in [2.45, 2.75) is 6.92 Å². The van der Waals surface area contributed by atoms with Gasteiger partial charge in [-0.2, -0.15) is 5.26 Å². The van der Waals surface area contributed by atoms with E-state index < -0.39 is 0 Å². The average molecular weight is 325 g/mol. The molecule has 0 fully saturated rings. The maximum atomic E-state index is 11.8. The number of carbonyl (C=O) groups excluding carboxylic acids is 1. The number of carbonyl (C=O) groups is 1. The molecule has 2 aromatic rings. The van der Waals surface area contributed by atoms with Crippen LogP contribution >= 0.6 is 0 Å². The van der Waals surface area contributed by atoms with Gasteiger partial charge in [0.2, 0.25) is 0 Å². The zero-order valence-corrected chi connectivity index (χ0v) is 13.4. The van der Waals surface area contributed by atoms with Gasteiger partial charge in [-0.15, -0.1) is 0 Å². The molecule has 0 aliphatic heterocycles. The second-order valence-corrected chi connectivity index (χ2v) is 4.79. The molecule has 0 saturated heterocycles. The average Bonchev–Trinajstić information content (AvgIpc) is 2.60. The fourth-order valence-corrected chi connectivity index (χ4v) is 2.01. The molecule has 0 spiro atoms. The van der Waals surface area contributed by atoms with Crippen molar-refractivity contribution in [1.82, 2.24) is 5.32 Å². The minimum absolute atomic E-state index is 0.322. The first kappa shape index (κ1) is 17.2. The summed E-state index contributed by atoms with van der Waals surface area (Å²) in [6.45, 7) is 3.16. The molecule has 0 bridgehead atoms. The summed E-state index contributed by atoms with van der Waals surface area (Å²) in [6, 6.07) is 15.8. The lowest BCUT2D eigenvalue weighted by Crippen LogP contribution is -2.32. The summed E-state index contributed by atoms with van der Waals surface area (Å²) in [5.41, 5.74) is 0.888. The van der Waals surface area contributed by atoms with E-state index in [-0.39, 0.29) is 6.03 Å². The first-order chi connectivity index (χ1) is 11.7. The van der Waals surface area contributed by atoms with Crippen molar-refractivity contribution in [3.8, 4) is 17.6 Å². The number of anilines is 1. The Bertz CT molecular complexity index is 725. The highest BCUT2D eigenvalue weighted by Gasteiger charge is 2.05. The third kappa shape index (κ3) is 5.21. The lowest BCUT2D eigenvalue weighted by Gasteiger charge is -2.10. The second kappa shape index (κ2) is 9.06. The van der Waals surface area contributed by atoms with Crippen molar-refractivity contribution >= 4 is 11.7 Å². The van der Waals surface area contributed by atoms with Gasteiger partial charge < -0.3 is 20.1 Å². The molecule has 6 heteroatoms. The van der Waals surface area contributed by atoms with Crippen molar-refractivity contribution in [2.24, 2.45) is 0 Å². The summed E-state index contributed by atoms with van der Waals surface area (Å²) in [5, 5.41) is 14.3. The van der Waals surface area contributed by atoms with Crippen LogP contribution in [0.3, 0.4) is 0 Å². The van der Waals surface area contributed by atoms with E-state index in [2.05, 4.69) is 10.6 Å². The van der Waals surface area contributed by atoms with Crippen molar-refractivity contribution in [3.05, 3.63) is 54.1 Å². The Hall–Kier alpha value is -3.20. The zero-order chi connectivity index (χ0) is 17.2. The Morgan fingerprint density at radius 1 is 1.12 bits per heavy atom. The standard InChI is InChI=1S/C18H19N3O3/c1-2-23-15-7-5-8-16(12-15)24-11-10-20-18(22)21-17-9-4-3-6-14(17)13-19/h3-9,12H,2,10-11H2,1H3,(H2,20,21,22). The highest BCUT2D eigenvalue weighted by atomic mass is 16.5. The van der Waals surface area contributed by atoms with Crippen molar-refractivity contribution in [2.75, 3.05) is 25.1 Å². The molecule has 24 heavy (non-hydrogen) atoms. The predicted octanol–water partition coefficient (Wildman–Crippen LogP) is 3.16. The van der Waals surface area contributed by atoms with Crippen LogP contribution in [-0.4, -0.2) is 25.8 Å². The predicted molar refractivity (Wildman–Crippen MR) is 91.3 cm³/mol. The fraction of sp³-hybridized carbons (Fsp3) is 0.222. The Kier molecular flexibility index (Phi) is 6.47. The van der Waals surface area contributed by atoms with E-state index in [4.69, 9.17) is 14.7 Å². The molecule has 0 saturated carbocycles. The molecule has 2 aromatic carbocycles. The summed E-state index contributed by atoms with van der Waals surface area (Å²) in [5.74, 6) is 1.42. The van der Waals surface area contributed by atoms with E-state index in [1.807, 2.05) is 31.2 Å². The molecule has 0 heterocycles. The number of nitrogens with one attached hydrogen (secondary N) is 2. The van der Waals surface area contributed by atoms with Gasteiger partial charge in [-0.05, 0) is 31.2 Å². The lowest BCUT2D eigenvalue weighted by atomic mass is 10.2. The third-order valence-electron chi connectivity index (χ3n) is 3.07. The van der Waals surface area contributed by atoms with E-state index in [1.54, 1.807) is 30.3 Å². The number of nitrogens with zero attached hydrogens (tertiary/aromatic N) is 1. The van der Waals surface area contributed by atoms with Gasteiger partial charge in [-0.3, -0.25) is 0 Å². The van der Waals surface area contributed by atoms with E-state index in [0.29, 0.717) is 36.8 Å². The zero-order valence-electron chi connectivity index (χ0n) is 13.4. The van der Waals surface area contributed by atoms with Gasteiger partial charge in [-0.1, -0.05) is 18.2 Å². The van der Waals surface area contributed by atoms with Gasteiger partial charge in [0, 0.05) is 6.07 Å². The molecule has 0 aliphatic carbocycles. The highest BCUT2D eigenvalue weighted by molar-refractivity contribution is 5.90. The number of benzene rings is 2. The van der Waals surface area contributed by atoms with Gasteiger partial charge in [0.25, 0.3) is 0 Å². The Morgan fingerprint density at radius 2 is 1.88 bits per heavy atom. The van der Waals surface area contributed by atoms with Gasteiger partial charge in [0.05, 0.1) is 24.4 Å². The first-order valence-corrected chi connectivity index (χ1v) is 7.62. The topological polar surface area (TPSA) is 83.4 Å². The molecular weight excluding hydrogens is 306 g/mol. The minimum atomic E-state index is -0.385. The van der Waals surface area contributed by atoms with E-state index in [9.17, 15) is 4.79 Å². The fourth-order valence-electron chi connectivity index (χ4n) is 2.01. The second-order valence-electron chi connectivity index (χ2n) is 4.79. The van der Waals surface area contributed by atoms with Crippen LogP contribution in [0.25, 0.3) is 0 Å². The Morgan fingerprint density at radius 3 is 2.62 bits per heavy atom. The quantitative estimate of drug-likeness (QED) is 0.766. The molecule has 0 aromatic heterocycles. The van der Waals surface area contributed by atoms with Crippen molar-refractivity contribution in [1.29, 1.82) is 5.26 Å². The van der Waals surface area contributed by atoms with Crippen molar-refractivity contribution in [3.63, 3.8) is 0 Å². The summed E-state index contributed by atoms with van der Waals surface area (Å²) >= 11 is 0. The first-order valence-electron chi connectivity index (χ1n) is 7.62. The largest absolute Gasteiger partial charge is 0.494 e. The van der Waals surface area contributed by atoms with Gasteiger partial charge in [0.1, 0.15) is 24.2 Å². The number of hydrogen-bond donors (Lipinski definition) is 2. The van der Waals surface area contributed by atoms with Crippen LogP contribution in [0.2, 0.25) is 0 Å². The molecule has 2 amide bonds. The van der Waals surface area contributed by atoms with Crippen LogP contribution in [0.5, 0.6) is 11.5 Å². The monoisotopic (exact) mass is 325 g/mol. The minimum Gasteiger partial charge on any atom is -0.494 e. The van der Waals surface area contributed by atoms with Gasteiger partial charge in [0.15, 0.2) is 0 Å². The van der Waals surface area contributed by atoms with Crippen LogP contribution in [0, 0.1) is 11.3 Å². The number of ether oxygens (including phenoxy) is 2. The Labute approximate surface area is 141 Å². The summed E-state index contributed by atoms with van der Waals surface area (Å²) < 4.78 is 11.0. The molecule has 2 N–H and O–H groups in total. The van der Waals surface area contributed by atoms with Crippen LogP contribution in [0.15, 0.2) is 48.5 Å². The number of rotatable bonds is 7. The molecule has 0 unspecified atom stereocenters. The molecular formula is C18H19N3O3. The number of para-hydroxylation sites is 1. The van der Waals surface area contributed by atoms with E-state index >= 15 is 0 Å². The van der Waals surface area contributed by atoms with Crippen LogP contribution < -0.4 is 20.1 Å². The van der Waals surface area contributed by atoms with Crippen LogP contribution in [0.4, 0.5) is 10.5 Å². The molecule has 0 atom stereocenters. The number of urea groups is 1. The smallest absolute Gasteiger partial charge is 0.319 e. The van der Waals surface area contributed by atoms with Gasteiger partial charge >= 0.3 is 6.03 Å². The lowest BCUT2D eigenvalue weighted by molar-refractivity contribution is 0.247. The van der Waals surface area contributed by atoms with Crippen molar-refractivity contribution < 1.29 is 14.3 Å². The molecule has 6 nitrogen and oxygen atoms in total. The van der Waals surface area contributed by atoms with Gasteiger partial charge in [-0.25, -0.2) is 4.79 Å². The van der Waals surface area contributed by atoms with Crippen LogP contribution in [0.1, 0.15) is 12.5 Å². The number of hydrogen-bond acceptors (Lipinski definition) is 4. The number of nitriles is 1. The molecule has 124 valence electrons. The maximum absolute atomic E-state index is 11.8. The molecule has 2 rings (SSSR count). The van der Waals surface area contributed by atoms with Crippen LogP contribution in [-0.2, 0) is 0 Å².